The summed E-state index contributed by atoms with van der Waals surface area (Å²) in [5.74, 6) is -0.204. The van der Waals surface area contributed by atoms with E-state index in [-0.39, 0.29) is 17.9 Å². The Morgan fingerprint density at radius 1 is 1.65 bits per heavy atom. The fourth-order valence-corrected chi connectivity index (χ4v) is 2.83. The van der Waals surface area contributed by atoms with Crippen LogP contribution in [0.25, 0.3) is 0 Å². The van der Waals surface area contributed by atoms with Crippen LogP contribution in [0.5, 0.6) is 0 Å². The zero-order valence-electron chi connectivity index (χ0n) is 11.5. The molecule has 112 valence electrons. The predicted molar refractivity (Wildman–Crippen MR) is 74.6 cm³/mol. The molecule has 0 radical (unpaired) electrons. The first-order valence-corrected chi connectivity index (χ1v) is 7.75. The van der Waals surface area contributed by atoms with Gasteiger partial charge in [0.2, 0.25) is 0 Å². The summed E-state index contributed by atoms with van der Waals surface area (Å²) in [6.07, 6.45) is 2.95. The number of thioether (sulfide) groups is 1. The minimum atomic E-state index is -0.872. The SMILES string of the molecule is CCC(N)c1nnc(SCC(=O)O)n1CC1CCCO1. The first-order chi connectivity index (χ1) is 9.61. The van der Waals surface area contributed by atoms with E-state index in [2.05, 4.69) is 10.2 Å². The number of hydrogen-bond acceptors (Lipinski definition) is 6. The molecule has 0 bridgehead atoms. The topological polar surface area (TPSA) is 103 Å². The summed E-state index contributed by atoms with van der Waals surface area (Å²) < 4.78 is 7.55. The first kappa shape index (κ1) is 15.3. The maximum absolute atomic E-state index is 10.7. The minimum absolute atomic E-state index is 0.0367. The molecule has 7 nitrogen and oxygen atoms in total. The van der Waals surface area contributed by atoms with Gasteiger partial charge in [-0.15, -0.1) is 10.2 Å². The van der Waals surface area contributed by atoms with Crippen molar-refractivity contribution >= 4 is 17.7 Å². The second kappa shape index (κ2) is 7.05. The van der Waals surface area contributed by atoms with E-state index in [9.17, 15) is 4.79 Å². The molecule has 0 spiro atoms. The quantitative estimate of drug-likeness (QED) is 0.725. The van der Waals surface area contributed by atoms with Gasteiger partial charge < -0.3 is 20.1 Å². The Morgan fingerprint density at radius 3 is 3.05 bits per heavy atom. The lowest BCUT2D eigenvalue weighted by atomic mass is 10.2. The molecule has 1 saturated heterocycles. The van der Waals surface area contributed by atoms with Crippen LogP contribution in [0.15, 0.2) is 5.16 Å². The number of hydrogen-bond donors (Lipinski definition) is 2. The zero-order valence-corrected chi connectivity index (χ0v) is 12.3. The molecule has 8 heteroatoms. The van der Waals surface area contributed by atoms with Gasteiger partial charge in [-0.25, -0.2) is 0 Å². The molecule has 2 unspecified atom stereocenters. The van der Waals surface area contributed by atoms with Crippen LogP contribution < -0.4 is 5.73 Å². The molecular formula is C12H20N4O3S. The van der Waals surface area contributed by atoms with Crippen molar-refractivity contribution in [1.29, 1.82) is 0 Å². The van der Waals surface area contributed by atoms with Crippen molar-refractivity contribution in [2.45, 2.75) is 50.0 Å². The lowest BCUT2D eigenvalue weighted by Crippen LogP contribution is -2.22. The summed E-state index contributed by atoms with van der Waals surface area (Å²) in [4.78, 5) is 10.7. The fourth-order valence-electron chi connectivity index (χ4n) is 2.15. The molecule has 0 amide bonds. The molecule has 2 heterocycles. The highest BCUT2D eigenvalue weighted by Gasteiger charge is 2.23. The lowest BCUT2D eigenvalue weighted by Gasteiger charge is -2.16. The average Bonchev–Trinajstić information content (AvgIpc) is 3.06. The van der Waals surface area contributed by atoms with Crippen molar-refractivity contribution < 1.29 is 14.6 Å². The van der Waals surface area contributed by atoms with Gasteiger partial charge in [0.25, 0.3) is 0 Å². The lowest BCUT2D eigenvalue weighted by molar-refractivity contribution is -0.133. The minimum Gasteiger partial charge on any atom is -0.481 e. The molecule has 0 aliphatic carbocycles. The predicted octanol–water partition coefficient (Wildman–Crippen LogP) is 1.04. The highest BCUT2D eigenvalue weighted by molar-refractivity contribution is 7.99. The fraction of sp³-hybridized carbons (Fsp3) is 0.750. The van der Waals surface area contributed by atoms with Crippen LogP contribution in [-0.2, 0) is 16.1 Å². The molecule has 2 rings (SSSR count). The molecule has 0 saturated carbocycles. The van der Waals surface area contributed by atoms with E-state index in [1.54, 1.807) is 0 Å². The Bertz CT molecular complexity index is 460. The van der Waals surface area contributed by atoms with Gasteiger partial charge in [-0.05, 0) is 19.3 Å². The highest BCUT2D eigenvalue weighted by Crippen LogP contribution is 2.24. The summed E-state index contributed by atoms with van der Waals surface area (Å²) in [5, 5.41) is 17.6. The van der Waals surface area contributed by atoms with Crippen molar-refractivity contribution in [1.82, 2.24) is 14.8 Å². The second-order valence-corrected chi connectivity index (χ2v) is 5.73. The maximum atomic E-state index is 10.7. The van der Waals surface area contributed by atoms with Crippen LogP contribution in [-0.4, -0.2) is 44.3 Å². The van der Waals surface area contributed by atoms with Crippen LogP contribution in [0.2, 0.25) is 0 Å². The van der Waals surface area contributed by atoms with Crippen molar-refractivity contribution in [3.63, 3.8) is 0 Å². The highest BCUT2D eigenvalue weighted by atomic mass is 32.2. The number of carboxylic acid groups (broad SMARTS) is 1. The van der Waals surface area contributed by atoms with Gasteiger partial charge in [0.05, 0.1) is 24.4 Å². The molecule has 1 aromatic heterocycles. The standard InChI is InChI=1S/C12H20N4O3S/c1-2-9(13)11-14-15-12(20-7-10(17)18)16(11)6-8-4-3-5-19-8/h8-9H,2-7,13H2,1H3,(H,17,18). The van der Waals surface area contributed by atoms with Gasteiger partial charge >= 0.3 is 5.97 Å². The van der Waals surface area contributed by atoms with E-state index in [1.807, 2.05) is 11.5 Å². The average molecular weight is 300 g/mol. The van der Waals surface area contributed by atoms with E-state index in [0.29, 0.717) is 17.5 Å². The molecule has 2 atom stereocenters. The van der Waals surface area contributed by atoms with Gasteiger partial charge in [0.15, 0.2) is 11.0 Å². The third-order valence-electron chi connectivity index (χ3n) is 3.25. The summed E-state index contributed by atoms with van der Waals surface area (Å²) in [6, 6.07) is -0.192. The van der Waals surface area contributed by atoms with Crippen LogP contribution in [0.4, 0.5) is 0 Å². The van der Waals surface area contributed by atoms with Crippen LogP contribution >= 0.6 is 11.8 Å². The Balaban J connectivity index is 2.17. The summed E-state index contributed by atoms with van der Waals surface area (Å²) in [7, 11) is 0. The van der Waals surface area contributed by atoms with Gasteiger partial charge in [0.1, 0.15) is 0 Å². The van der Waals surface area contributed by atoms with Gasteiger partial charge in [0, 0.05) is 6.61 Å². The molecule has 20 heavy (non-hydrogen) atoms. The Kier molecular flexibility index (Phi) is 5.38. The van der Waals surface area contributed by atoms with Crippen LogP contribution in [0.3, 0.4) is 0 Å². The largest absolute Gasteiger partial charge is 0.481 e. The normalized spacial score (nSPS) is 20.2. The van der Waals surface area contributed by atoms with Crippen molar-refractivity contribution in [3.05, 3.63) is 5.82 Å². The van der Waals surface area contributed by atoms with Crippen molar-refractivity contribution in [2.24, 2.45) is 5.73 Å². The van der Waals surface area contributed by atoms with Crippen LogP contribution in [0, 0.1) is 0 Å². The Hall–Kier alpha value is -1.12. The molecular weight excluding hydrogens is 280 g/mol. The third kappa shape index (κ3) is 3.71. The molecule has 1 aliphatic rings. The van der Waals surface area contributed by atoms with Gasteiger partial charge in [-0.2, -0.15) is 0 Å². The number of rotatable bonds is 7. The zero-order chi connectivity index (χ0) is 14.5. The second-order valence-electron chi connectivity index (χ2n) is 4.78. The molecule has 1 fully saturated rings. The molecule has 0 aromatic carbocycles. The monoisotopic (exact) mass is 300 g/mol. The number of carbonyl (C=O) groups is 1. The van der Waals surface area contributed by atoms with Gasteiger partial charge in [-0.1, -0.05) is 18.7 Å². The van der Waals surface area contributed by atoms with Crippen molar-refractivity contribution in [2.75, 3.05) is 12.4 Å². The number of aliphatic carboxylic acids is 1. The molecule has 1 aromatic rings. The summed E-state index contributed by atoms with van der Waals surface area (Å²) in [5.41, 5.74) is 6.05. The smallest absolute Gasteiger partial charge is 0.313 e. The maximum Gasteiger partial charge on any atom is 0.313 e. The third-order valence-corrected chi connectivity index (χ3v) is 4.20. The Labute approximate surface area is 121 Å². The van der Waals surface area contributed by atoms with E-state index in [4.69, 9.17) is 15.6 Å². The van der Waals surface area contributed by atoms with E-state index in [1.165, 1.54) is 11.8 Å². The van der Waals surface area contributed by atoms with Crippen molar-refractivity contribution in [3.8, 4) is 0 Å². The van der Waals surface area contributed by atoms with Crippen LogP contribution in [0.1, 0.15) is 38.1 Å². The van der Waals surface area contributed by atoms with E-state index < -0.39 is 5.97 Å². The number of nitrogens with two attached hydrogens (primary N) is 1. The summed E-state index contributed by atoms with van der Waals surface area (Å²) >= 11 is 1.17. The van der Waals surface area contributed by atoms with E-state index in [0.717, 1.165) is 25.9 Å². The van der Waals surface area contributed by atoms with E-state index >= 15 is 0 Å². The Morgan fingerprint density at radius 2 is 2.45 bits per heavy atom. The van der Waals surface area contributed by atoms with Gasteiger partial charge in [-0.3, -0.25) is 4.79 Å². The molecule has 1 aliphatic heterocycles. The summed E-state index contributed by atoms with van der Waals surface area (Å²) in [6.45, 7) is 3.40. The first-order valence-electron chi connectivity index (χ1n) is 6.76. The number of ether oxygens (including phenoxy) is 1. The number of aromatic nitrogens is 3. The number of nitrogens with zero attached hydrogens (tertiary/aromatic N) is 3. The molecule has 3 N–H and O–H groups in total. The number of carboxylic acids is 1.